The Morgan fingerprint density at radius 2 is 1.82 bits per heavy atom. The Labute approximate surface area is 230 Å². The average molecular weight is 560 g/mol. The summed E-state index contributed by atoms with van der Waals surface area (Å²) in [6.07, 6.45) is -1.50. The van der Waals surface area contributed by atoms with E-state index in [0.29, 0.717) is 6.54 Å². The number of nitrogens with one attached hydrogen (secondary N) is 2. The molecule has 12 heteroatoms. The van der Waals surface area contributed by atoms with Crippen LogP contribution in [0.4, 0.5) is 13.2 Å². The van der Waals surface area contributed by atoms with Crippen LogP contribution in [0, 0.1) is 23.2 Å². The van der Waals surface area contributed by atoms with Crippen LogP contribution in [0.5, 0.6) is 0 Å². The van der Waals surface area contributed by atoms with Gasteiger partial charge in [0.15, 0.2) is 0 Å². The largest absolute Gasteiger partial charge is 0.471 e. The third-order valence-corrected chi connectivity index (χ3v) is 8.68. The minimum atomic E-state index is -5.15. The van der Waals surface area contributed by atoms with E-state index in [-0.39, 0.29) is 43.6 Å². The Balaban J connectivity index is 1.41. The van der Waals surface area contributed by atoms with Gasteiger partial charge in [-0.3, -0.25) is 19.2 Å². The Kier molecular flexibility index (Phi) is 7.27. The van der Waals surface area contributed by atoms with Gasteiger partial charge in [0.25, 0.3) is 0 Å². The Bertz CT molecular complexity index is 1260. The standard InChI is InChI=1S/C28H32F3N5O4/c1-35(23(37)21(10-16-6-7-16)34-26(40)28(29,30)31)22(11-17-8-9-17)24(38)36-15-27(12-19(36)13-32)20-5-3-2-4-18(20)14-33-25(27)39/h2-5,16-17,19,21-22H,6-12,14-15H2,1H3,(H,33,39)(H,34,40)/t19-,21?,22?,27-/m1/s1. The summed E-state index contributed by atoms with van der Waals surface area (Å²) in [4.78, 5) is 55.1. The molecular weight excluding hydrogens is 527 g/mol. The van der Waals surface area contributed by atoms with Crippen LogP contribution in [-0.4, -0.2) is 71.3 Å². The molecule has 2 saturated carbocycles. The lowest BCUT2D eigenvalue weighted by atomic mass is 9.73. The number of benzene rings is 1. The van der Waals surface area contributed by atoms with Gasteiger partial charge in [-0.2, -0.15) is 18.4 Å². The summed E-state index contributed by atoms with van der Waals surface area (Å²) >= 11 is 0. The van der Waals surface area contributed by atoms with E-state index in [9.17, 15) is 37.6 Å². The van der Waals surface area contributed by atoms with E-state index >= 15 is 0 Å². The molecule has 4 atom stereocenters. The predicted molar refractivity (Wildman–Crippen MR) is 135 cm³/mol. The molecule has 2 N–H and O–H groups in total. The van der Waals surface area contributed by atoms with E-state index in [1.54, 1.807) is 0 Å². The molecule has 9 nitrogen and oxygen atoms in total. The number of nitriles is 1. The van der Waals surface area contributed by atoms with Gasteiger partial charge < -0.3 is 20.4 Å². The fourth-order valence-corrected chi connectivity index (χ4v) is 6.05. The number of halogens is 3. The molecular formula is C28H32F3N5O4. The third-order valence-electron chi connectivity index (χ3n) is 8.68. The molecule has 0 aromatic heterocycles. The van der Waals surface area contributed by atoms with Crippen molar-refractivity contribution in [3.8, 4) is 6.07 Å². The van der Waals surface area contributed by atoms with Crippen molar-refractivity contribution in [3.05, 3.63) is 35.4 Å². The van der Waals surface area contributed by atoms with Crippen LogP contribution < -0.4 is 10.6 Å². The zero-order valence-electron chi connectivity index (χ0n) is 22.2. The first-order valence-corrected chi connectivity index (χ1v) is 13.7. The van der Waals surface area contributed by atoms with Crippen molar-refractivity contribution in [1.29, 1.82) is 5.26 Å². The number of carbonyl (C=O) groups is 4. The lowest BCUT2D eigenvalue weighted by molar-refractivity contribution is -0.175. The Morgan fingerprint density at radius 3 is 2.45 bits per heavy atom. The Morgan fingerprint density at radius 1 is 1.18 bits per heavy atom. The summed E-state index contributed by atoms with van der Waals surface area (Å²) in [5, 5.41) is 14.7. The molecule has 4 amide bonds. The van der Waals surface area contributed by atoms with Crippen molar-refractivity contribution in [2.24, 2.45) is 11.8 Å². The van der Waals surface area contributed by atoms with Crippen molar-refractivity contribution in [2.45, 2.75) is 81.2 Å². The van der Waals surface area contributed by atoms with Crippen molar-refractivity contribution >= 4 is 23.6 Å². The van der Waals surface area contributed by atoms with Gasteiger partial charge in [0.05, 0.1) is 11.5 Å². The van der Waals surface area contributed by atoms with Crippen LogP contribution in [0.25, 0.3) is 0 Å². The topological polar surface area (TPSA) is 123 Å². The second kappa shape index (κ2) is 10.4. The SMILES string of the molecule is CN(C(=O)C(CC1CC1)NC(=O)C(F)(F)F)C(CC1CC1)C(=O)N1C[C@@]2(C[C@@H]1C#N)C(=O)NCc1ccccc12. The molecule has 1 aromatic rings. The van der Waals surface area contributed by atoms with Gasteiger partial charge in [0.1, 0.15) is 18.1 Å². The highest BCUT2D eigenvalue weighted by Crippen LogP contribution is 2.43. The summed E-state index contributed by atoms with van der Waals surface area (Å²) in [7, 11) is 1.36. The predicted octanol–water partition coefficient (Wildman–Crippen LogP) is 2.15. The monoisotopic (exact) mass is 559 g/mol. The quantitative estimate of drug-likeness (QED) is 0.506. The molecule has 0 bridgehead atoms. The molecule has 2 aliphatic heterocycles. The zero-order chi connectivity index (χ0) is 28.8. The number of amides is 4. The van der Waals surface area contributed by atoms with Crippen molar-refractivity contribution in [1.82, 2.24) is 20.4 Å². The minimum absolute atomic E-state index is 0.0276. The van der Waals surface area contributed by atoms with Gasteiger partial charge in [-0.1, -0.05) is 49.9 Å². The van der Waals surface area contributed by atoms with E-state index in [0.717, 1.165) is 41.7 Å². The van der Waals surface area contributed by atoms with E-state index in [2.05, 4.69) is 11.4 Å². The van der Waals surface area contributed by atoms with Gasteiger partial charge >= 0.3 is 12.1 Å². The van der Waals surface area contributed by atoms with Gasteiger partial charge in [-0.25, -0.2) is 0 Å². The average Bonchev–Trinajstić information content (AvgIpc) is 3.87. The maximum atomic E-state index is 14.1. The highest BCUT2D eigenvalue weighted by atomic mass is 19.4. The van der Waals surface area contributed by atoms with Crippen LogP contribution in [0.3, 0.4) is 0 Å². The number of nitrogens with zero attached hydrogens (tertiary/aromatic N) is 3. The second-order valence-electron chi connectivity index (χ2n) is 11.6. The van der Waals surface area contributed by atoms with E-state index in [4.69, 9.17) is 0 Å². The van der Waals surface area contributed by atoms with Crippen LogP contribution in [0.1, 0.15) is 56.1 Å². The fraction of sp³-hybridized carbons (Fsp3) is 0.607. The third kappa shape index (κ3) is 5.38. The number of rotatable bonds is 8. The van der Waals surface area contributed by atoms with Crippen LogP contribution >= 0.6 is 0 Å². The van der Waals surface area contributed by atoms with Gasteiger partial charge in [0.2, 0.25) is 17.7 Å². The molecule has 5 rings (SSSR count). The molecule has 40 heavy (non-hydrogen) atoms. The van der Waals surface area contributed by atoms with Crippen molar-refractivity contribution < 1.29 is 32.3 Å². The lowest BCUT2D eigenvalue weighted by Crippen LogP contribution is -2.57. The second-order valence-corrected chi connectivity index (χ2v) is 11.6. The molecule has 2 heterocycles. The molecule has 0 radical (unpaired) electrons. The smallest absolute Gasteiger partial charge is 0.351 e. The maximum Gasteiger partial charge on any atom is 0.471 e. The number of hydrogen-bond donors (Lipinski definition) is 2. The molecule has 2 unspecified atom stereocenters. The van der Waals surface area contributed by atoms with E-state index in [1.807, 2.05) is 29.6 Å². The molecule has 1 spiro atoms. The molecule has 2 aliphatic carbocycles. The fourth-order valence-electron chi connectivity index (χ4n) is 6.05. The van der Waals surface area contributed by atoms with Crippen molar-refractivity contribution in [2.75, 3.05) is 13.6 Å². The number of likely N-dealkylation sites (tertiary alicyclic amines) is 1. The summed E-state index contributed by atoms with van der Waals surface area (Å²) in [5.74, 6) is -3.57. The number of carbonyl (C=O) groups excluding carboxylic acids is 4. The number of hydrogen-bond acceptors (Lipinski definition) is 5. The molecule has 4 aliphatic rings. The normalized spacial score (nSPS) is 25.4. The van der Waals surface area contributed by atoms with Crippen LogP contribution in [0.2, 0.25) is 0 Å². The first-order valence-electron chi connectivity index (χ1n) is 13.7. The van der Waals surface area contributed by atoms with Crippen LogP contribution in [0.15, 0.2) is 24.3 Å². The lowest BCUT2D eigenvalue weighted by Gasteiger charge is -2.36. The van der Waals surface area contributed by atoms with Crippen LogP contribution in [-0.2, 0) is 31.1 Å². The van der Waals surface area contributed by atoms with Gasteiger partial charge in [-0.15, -0.1) is 0 Å². The summed E-state index contributed by atoms with van der Waals surface area (Å²) in [6.45, 7) is 0.294. The van der Waals surface area contributed by atoms with Gasteiger partial charge in [0, 0.05) is 26.6 Å². The maximum absolute atomic E-state index is 14.1. The molecule has 1 aromatic carbocycles. The van der Waals surface area contributed by atoms with Gasteiger partial charge in [-0.05, 0) is 35.8 Å². The van der Waals surface area contributed by atoms with E-state index < -0.39 is 47.4 Å². The highest BCUT2D eigenvalue weighted by Gasteiger charge is 2.55. The molecule has 1 saturated heterocycles. The Hall–Kier alpha value is -3.62. The first kappa shape index (κ1) is 27.9. The number of fused-ring (bicyclic) bond motifs is 2. The molecule has 214 valence electrons. The summed E-state index contributed by atoms with van der Waals surface area (Å²) < 4.78 is 39.1. The zero-order valence-corrected chi connectivity index (χ0v) is 22.2. The highest BCUT2D eigenvalue weighted by molar-refractivity contribution is 5.95. The summed E-state index contributed by atoms with van der Waals surface area (Å²) in [6, 6.07) is 6.14. The van der Waals surface area contributed by atoms with Crippen molar-refractivity contribution in [3.63, 3.8) is 0 Å². The number of likely N-dealkylation sites (N-methyl/N-ethyl adjacent to an activating group) is 1. The number of alkyl halides is 3. The summed E-state index contributed by atoms with van der Waals surface area (Å²) in [5.41, 5.74) is 0.544. The minimum Gasteiger partial charge on any atom is -0.351 e. The first-order chi connectivity index (χ1) is 18.9. The molecule has 3 fully saturated rings. The van der Waals surface area contributed by atoms with E-state index in [1.165, 1.54) is 11.9 Å².